The Morgan fingerprint density at radius 2 is 2.04 bits per heavy atom. The smallest absolute Gasteiger partial charge is 0.314 e. The molecule has 1 aromatic heterocycles. The highest BCUT2D eigenvalue weighted by molar-refractivity contribution is 5.74. The Morgan fingerprint density at radius 1 is 1.21 bits per heavy atom. The van der Waals surface area contributed by atoms with Crippen LogP contribution >= 0.6 is 0 Å². The van der Waals surface area contributed by atoms with Gasteiger partial charge in [-0.1, -0.05) is 24.3 Å². The van der Waals surface area contributed by atoms with Crippen LogP contribution in [-0.4, -0.2) is 36.7 Å². The van der Waals surface area contributed by atoms with Crippen molar-refractivity contribution in [2.75, 3.05) is 24.5 Å². The zero-order chi connectivity index (χ0) is 16.8. The molecule has 0 fully saturated rings. The molecule has 0 saturated carbocycles. The quantitative estimate of drug-likeness (QED) is 0.858. The van der Waals surface area contributed by atoms with Gasteiger partial charge in [0.15, 0.2) is 0 Å². The van der Waals surface area contributed by atoms with Crippen molar-refractivity contribution in [1.29, 1.82) is 0 Å². The Labute approximate surface area is 143 Å². The third-order valence-electron chi connectivity index (χ3n) is 4.41. The minimum Gasteiger partial charge on any atom is -0.366 e. The van der Waals surface area contributed by atoms with Crippen LogP contribution in [0, 0.1) is 0 Å². The molecule has 0 saturated heterocycles. The van der Waals surface area contributed by atoms with E-state index in [1.54, 1.807) is 6.20 Å². The van der Waals surface area contributed by atoms with E-state index in [0.29, 0.717) is 13.1 Å². The van der Waals surface area contributed by atoms with E-state index in [0.717, 1.165) is 25.1 Å². The summed E-state index contributed by atoms with van der Waals surface area (Å²) in [5.41, 5.74) is 3.67. The standard InChI is InChI=1S/C19H24N4O/c1-15(23-13-10-16-6-2-3-8-18(16)23)14-22-19(24)21-12-9-17-7-4-5-11-20-17/h2-8,11,15H,9-10,12-14H2,1H3,(H2,21,22,24). The lowest BCUT2D eigenvalue weighted by molar-refractivity contribution is 0.240. The highest BCUT2D eigenvalue weighted by Crippen LogP contribution is 2.28. The van der Waals surface area contributed by atoms with Crippen LogP contribution in [0.3, 0.4) is 0 Å². The second kappa shape index (κ2) is 7.81. The van der Waals surface area contributed by atoms with Crippen molar-refractivity contribution in [2.45, 2.75) is 25.8 Å². The number of urea groups is 1. The molecule has 2 amide bonds. The molecule has 1 unspecified atom stereocenters. The predicted molar refractivity (Wildman–Crippen MR) is 96.3 cm³/mol. The van der Waals surface area contributed by atoms with Crippen molar-refractivity contribution in [1.82, 2.24) is 15.6 Å². The van der Waals surface area contributed by atoms with E-state index in [2.05, 4.69) is 51.7 Å². The van der Waals surface area contributed by atoms with Crippen LogP contribution in [0.2, 0.25) is 0 Å². The number of benzene rings is 1. The van der Waals surface area contributed by atoms with Gasteiger partial charge in [0, 0.05) is 49.7 Å². The van der Waals surface area contributed by atoms with Crippen LogP contribution in [0.4, 0.5) is 10.5 Å². The zero-order valence-electron chi connectivity index (χ0n) is 14.0. The van der Waals surface area contributed by atoms with Crippen LogP contribution < -0.4 is 15.5 Å². The molecule has 2 aromatic rings. The Bertz CT molecular complexity index is 674. The third kappa shape index (κ3) is 4.04. The normalized spacial score (nSPS) is 14.1. The minimum absolute atomic E-state index is 0.120. The average Bonchev–Trinajstić information content (AvgIpc) is 3.05. The van der Waals surface area contributed by atoms with Gasteiger partial charge >= 0.3 is 6.03 Å². The molecule has 0 spiro atoms. The molecule has 0 aliphatic carbocycles. The predicted octanol–water partition coefficient (Wildman–Crippen LogP) is 2.37. The Kier molecular flexibility index (Phi) is 5.31. The molecule has 1 aromatic carbocycles. The summed E-state index contributed by atoms with van der Waals surface area (Å²) in [6.45, 7) is 4.38. The lowest BCUT2D eigenvalue weighted by atomic mass is 10.2. The fourth-order valence-corrected chi connectivity index (χ4v) is 3.08. The molecule has 5 heteroatoms. The van der Waals surface area contributed by atoms with Gasteiger partial charge in [-0.15, -0.1) is 0 Å². The summed E-state index contributed by atoms with van der Waals surface area (Å²) < 4.78 is 0. The summed E-state index contributed by atoms with van der Waals surface area (Å²) >= 11 is 0. The van der Waals surface area contributed by atoms with Crippen molar-refractivity contribution in [3.05, 3.63) is 59.9 Å². The summed E-state index contributed by atoms with van der Waals surface area (Å²) in [6, 6.07) is 14.5. The summed E-state index contributed by atoms with van der Waals surface area (Å²) in [6.07, 6.45) is 3.59. The Morgan fingerprint density at radius 3 is 2.88 bits per heavy atom. The van der Waals surface area contributed by atoms with Crippen molar-refractivity contribution in [3.63, 3.8) is 0 Å². The van der Waals surface area contributed by atoms with E-state index in [1.807, 2.05) is 18.2 Å². The van der Waals surface area contributed by atoms with Crippen LogP contribution in [0.5, 0.6) is 0 Å². The maximum atomic E-state index is 11.9. The van der Waals surface area contributed by atoms with Gasteiger partial charge < -0.3 is 15.5 Å². The van der Waals surface area contributed by atoms with Crippen molar-refractivity contribution in [2.24, 2.45) is 0 Å². The monoisotopic (exact) mass is 324 g/mol. The van der Waals surface area contributed by atoms with Crippen LogP contribution in [0.15, 0.2) is 48.7 Å². The maximum absolute atomic E-state index is 11.9. The van der Waals surface area contributed by atoms with Crippen LogP contribution in [-0.2, 0) is 12.8 Å². The molecular formula is C19H24N4O. The molecule has 24 heavy (non-hydrogen) atoms. The third-order valence-corrected chi connectivity index (χ3v) is 4.41. The molecule has 3 rings (SSSR count). The number of fused-ring (bicyclic) bond motifs is 1. The molecule has 0 bridgehead atoms. The first-order valence-corrected chi connectivity index (χ1v) is 8.50. The van der Waals surface area contributed by atoms with Gasteiger partial charge in [0.25, 0.3) is 0 Å². The molecule has 2 N–H and O–H groups in total. The van der Waals surface area contributed by atoms with Gasteiger partial charge in [-0.2, -0.15) is 0 Å². The van der Waals surface area contributed by atoms with Gasteiger partial charge in [0.1, 0.15) is 0 Å². The van der Waals surface area contributed by atoms with Crippen LogP contribution in [0.1, 0.15) is 18.2 Å². The molecule has 5 nitrogen and oxygen atoms in total. The first-order chi connectivity index (χ1) is 11.7. The van der Waals surface area contributed by atoms with Crippen molar-refractivity contribution in [3.8, 4) is 0 Å². The first kappa shape index (κ1) is 16.3. The van der Waals surface area contributed by atoms with Gasteiger partial charge in [0.2, 0.25) is 0 Å². The number of aromatic nitrogens is 1. The van der Waals surface area contributed by atoms with Gasteiger partial charge in [0.05, 0.1) is 0 Å². The molecule has 0 radical (unpaired) electrons. The number of amides is 2. The maximum Gasteiger partial charge on any atom is 0.314 e. The van der Waals surface area contributed by atoms with Crippen molar-refractivity contribution >= 4 is 11.7 Å². The zero-order valence-corrected chi connectivity index (χ0v) is 14.0. The number of carbonyl (C=O) groups excluding carboxylic acids is 1. The van der Waals surface area contributed by atoms with E-state index in [1.165, 1.54) is 11.3 Å². The van der Waals surface area contributed by atoms with Gasteiger partial charge in [-0.25, -0.2) is 4.79 Å². The number of hydrogen-bond acceptors (Lipinski definition) is 3. The number of rotatable bonds is 6. The number of carbonyl (C=O) groups is 1. The fraction of sp³-hybridized carbons (Fsp3) is 0.368. The van der Waals surface area contributed by atoms with E-state index >= 15 is 0 Å². The molecule has 1 aliphatic rings. The average molecular weight is 324 g/mol. The van der Waals surface area contributed by atoms with E-state index in [4.69, 9.17) is 0 Å². The summed E-state index contributed by atoms with van der Waals surface area (Å²) in [5, 5.41) is 5.85. The molecule has 126 valence electrons. The summed E-state index contributed by atoms with van der Waals surface area (Å²) in [7, 11) is 0. The van der Waals surface area contributed by atoms with Crippen molar-refractivity contribution < 1.29 is 4.79 Å². The SMILES string of the molecule is CC(CNC(=O)NCCc1ccccn1)N1CCc2ccccc21. The topological polar surface area (TPSA) is 57.3 Å². The van der Waals surface area contributed by atoms with E-state index in [9.17, 15) is 4.79 Å². The van der Waals surface area contributed by atoms with Gasteiger partial charge in [-0.3, -0.25) is 4.98 Å². The molecular weight excluding hydrogens is 300 g/mol. The number of nitrogens with zero attached hydrogens (tertiary/aromatic N) is 2. The number of pyridine rings is 1. The Balaban J connectivity index is 1.40. The second-order valence-corrected chi connectivity index (χ2v) is 6.13. The molecule has 1 aliphatic heterocycles. The Hall–Kier alpha value is -2.56. The fourth-order valence-electron chi connectivity index (χ4n) is 3.08. The molecule has 1 atom stereocenters. The summed E-state index contributed by atoms with van der Waals surface area (Å²) in [4.78, 5) is 18.5. The molecule has 2 heterocycles. The highest BCUT2D eigenvalue weighted by atomic mass is 16.2. The van der Waals surface area contributed by atoms with E-state index < -0.39 is 0 Å². The number of hydrogen-bond donors (Lipinski definition) is 2. The second-order valence-electron chi connectivity index (χ2n) is 6.13. The summed E-state index contributed by atoms with van der Waals surface area (Å²) in [5.74, 6) is 0. The van der Waals surface area contributed by atoms with Gasteiger partial charge in [-0.05, 0) is 37.1 Å². The minimum atomic E-state index is -0.120. The largest absolute Gasteiger partial charge is 0.366 e. The van der Waals surface area contributed by atoms with Crippen LogP contribution in [0.25, 0.3) is 0 Å². The first-order valence-electron chi connectivity index (χ1n) is 8.50. The lowest BCUT2D eigenvalue weighted by Gasteiger charge is -2.27. The number of nitrogens with one attached hydrogen (secondary N) is 2. The number of para-hydroxylation sites is 1. The lowest BCUT2D eigenvalue weighted by Crippen LogP contribution is -2.45. The van der Waals surface area contributed by atoms with E-state index in [-0.39, 0.29) is 12.1 Å². The number of anilines is 1. The highest BCUT2D eigenvalue weighted by Gasteiger charge is 2.22.